The number of piperidine rings is 1. The highest BCUT2D eigenvalue weighted by molar-refractivity contribution is 7.16. The minimum atomic E-state index is 0.0107. The van der Waals surface area contributed by atoms with Gasteiger partial charge >= 0.3 is 4.87 Å². The Bertz CT molecular complexity index is 1490. The predicted octanol–water partition coefficient (Wildman–Crippen LogP) is 7.13. The molecule has 1 fully saturated rings. The van der Waals surface area contributed by atoms with Gasteiger partial charge in [0.25, 0.3) is 0 Å². The second kappa shape index (κ2) is 10.8. The number of aromatic amines is 1. The molecule has 0 radical (unpaired) electrons. The summed E-state index contributed by atoms with van der Waals surface area (Å²) in [6.07, 6.45) is 4.32. The van der Waals surface area contributed by atoms with Gasteiger partial charge < -0.3 is 9.88 Å². The van der Waals surface area contributed by atoms with Crippen molar-refractivity contribution in [2.24, 2.45) is 11.8 Å². The van der Waals surface area contributed by atoms with Crippen LogP contribution in [0, 0.1) is 11.8 Å². The van der Waals surface area contributed by atoms with Crippen LogP contribution in [0.4, 0.5) is 5.69 Å². The number of nitrogens with zero attached hydrogens (tertiary/aromatic N) is 1. The van der Waals surface area contributed by atoms with Gasteiger partial charge in [-0.3, -0.25) is 4.79 Å². The SMILES string of the molecule is O=c1[nH]c2cc(N3CCC(Cc4ccccc4)C(Cc4ccccc4)C3Cc3ccccc3)ccc2s1. The smallest absolute Gasteiger partial charge is 0.305 e. The first-order valence-electron chi connectivity index (χ1n) is 13.2. The first-order valence-corrected chi connectivity index (χ1v) is 14.1. The molecule has 0 bridgehead atoms. The summed E-state index contributed by atoms with van der Waals surface area (Å²) in [4.78, 5) is 17.7. The van der Waals surface area contributed by atoms with E-state index < -0.39 is 0 Å². The Labute approximate surface area is 222 Å². The molecule has 3 atom stereocenters. The van der Waals surface area contributed by atoms with Gasteiger partial charge in [0.1, 0.15) is 0 Å². The first kappa shape index (κ1) is 23.7. The van der Waals surface area contributed by atoms with Gasteiger partial charge in [0, 0.05) is 18.3 Å². The van der Waals surface area contributed by atoms with Crippen LogP contribution in [-0.4, -0.2) is 17.6 Å². The Morgan fingerprint density at radius 3 is 1.97 bits per heavy atom. The number of anilines is 1. The van der Waals surface area contributed by atoms with Crippen LogP contribution >= 0.6 is 11.3 Å². The molecule has 0 saturated carbocycles. The predicted molar refractivity (Wildman–Crippen MR) is 156 cm³/mol. The van der Waals surface area contributed by atoms with Gasteiger partial charge in [0.2, 0.25) is 0 Å². The van der Waals surface area contributed by atoms with Crippen LogP contribution < -0.4 is 9.77 Å². The van der Waals surface area contributed by atoms with E-state index in [2.05, 4.69) is 119 Å². The van der Waals surface area contributed by atoms with Crippen molar-refractivity contribution in [2.45, 2.75) is 31.7 Å². The van der Waals surface area contributed by atoms with Crippen molar-refractivity contribution in [1.29, 1.82) is 0 Å². The van der Waals surface area contributed by atoms with Gasteiger partial charge in [-0.1, -0.05) is 102 Å². The van der Waals surface area contributed by atoms with Crippen molar-refractivity contribution in [1.82, 2.24) is 4.98 Å². The van der Waals surface area contributed by atoms with Crippen LogP contribution in [-0.2, 0) is 19.3 Å². The molecule has 186 valence electrons. The molecule has 4 heteroatoms. The van der Waals surface area contributed by atoms with Gasteiger partial charge in [-0.15, -0.1) is 0 Å². The maximum absolute atomic E-state index is 12.0. The van der Waals surface area contributed by atoms with E-state index in [1.807, 2.05) is 0 Å². The highest BCUT2D eigenvalue weighted by atomic mass is 32.1. The van der Waals surface area contributed by atoms with Crippen LogP contribution in [0.2, 0.25) is 0 Å². The zero-order chi connectivity index (χ0) is 25.0. The van der Waals surface area contributed by atoms with Crippen molar-refractivity contribution < 1.29 is 0 Å². The minimum Gasteiger partial charge on any atom is -0.368 e. The maximum atomic E-state index is 12.0. The van der Waals surface area contributed by atoms with Crippen molar-refractivity contribution in [2.75, 3.05) is 11.4 Å². The fourth-order valence-electron chi connectivity index (χ4n) is 6.15. The lowest BCUT2D eigenvalue weighted by Gasteiger charge is -2.47. The Morgan fingerprint density at radius 2 is 1.32 bits per heavy atom. The monoisotopic (exact) mass is 504 g/mol. The minimum absolute atomic E-state index is 0.0107. The summed E-state index contributed by atoms with van der Waals surface area (Å²) in [6, 6.07) is 39.8. The number of thiazole rings is 1. The van der Waals surface area contributed by atoms with Crippen LogP contribution in [0.3, 0.4) is 0 Å². The number of H-pyrrole nitrogens is 1. The molecule has 1 N–H and O–H groups in total. The Balaban J connectivity index is 1.40. The third kappa shape index (κ3) is 5.40. The molecule has 0 aliphatic carbocycles. The van der Waals surface area contributed by atoms with Gasteiger partial charge in [-0.2, -0.15) is 0 Å². The molecular formula is C33H32N2OS. The Hall–Kier alpha value is -3.63. The highest BCUT2D eigenvalue weighted by Gasteiger charge is 2.38. The Morgan fingerprint density at radius 1 is 0.730 bits per heavy atom. The van der Waals surface area contributed by atoms with Crippen LogP contribution in [0.15, 0.2) is 114 Å². The molecule has 1 aromatic heterocycles. The summed E-state index contributed by atoms with van der Waals surface area (Å²) in [5.74, 6) is 1.09. The lowest BCUT2D eigenvalue weighted by molar-refractivity contribution is 0.213. The third-order valence-electron chi connectivity index (χ3n) is 7.92. The lowest BCUT2D eigenvalue weighted by atomic mass is 9.72. The number of fused-ring (bicyclic) bond motifs is 1. The van der Waals surface area contributed by atoms with Crippen molar-refractivity contribution in [3.8, 4) is 0 Å². The number of hydrogen-bond donors (Lipinski definition) is 1. The quantitative estimate of drug-likeness (QED) is 0.256. The van der Waals surface area contributed by atoms with E-state index in [1.165, 1.54) is 33.7 Å². The molecule has 37 heavy (non-hydrogen) atoms. The summed E-state index contributed by atoms with van der Waals surface area (Å²) in [7, 11) is 0. The summed E-state index contributed by atoms with van der Waals surface area (Å²) < 4.78 is 1.02. The highest BCUT2D eigenvalue weighted by Crippen LogP contribution is 2.39. The normalized spacial score (nSPS) is 19.8. The molecule has 5 aromatic rings. The zero-order valence-corrected chi connectivity index (χ0v) is 21.7. The van der Waals surface area contributed by atoms with Crippen molar-refractivity contribution >= 4 is 27.2 Å². The summed E-state index contributed by atoms with van der Waals surface area (Å²) in [6.45, 7) is 1.01. The average Bonchev–Trinajstić information content (AvgIpc) is 3.31. The fraction of sp³-hybridized carbons (Fsp3) is 0.242. The van der Waals surface area contributed by atoms with E-state index in [4.69, 9.17) is 0 Å². The van der Waals surface area contributed by atoms with E-state index in [0.29, 0.717) is 17.9 Å². The van der Waals surface area contributed by atoms with E-state index >= 15 is 0 Å². The molecule has 3 unspecified atom stereocenters. The van der Waals surface area contributed by atoms with E-state index in [1.54, 1.807) is 0 Å². The number of aromatic nitrogens is 1. The van der Waals surface area contributed by atoms with E-state index in [0.717, 1.165) is 42.4 Å². The average molecular weight is 505 g/mol. The molecular weight excluding hydrogens is 472 g/mol. The third-order valence-corrected chi connectivity index (χ3v) is 8.78. The van der Waals surface area contributed by atoms with E-state index in [9.17, 15) is 4.79 Å². The van der Waals surface area contributed by atoms with Crippen LogP contribution in [0.1, 0.15) is 23.1 Å². The van der Waals surface area contributed by atoms with Gasteiger partial charge in [-0.25, -0.2) is 0 Å². The van der Waals surface area contributed by atoms with Gasteiger partial charge in [-0.05, 0) is 72.4 Å². The van der Waals surface area contributed by atoms with Crippen molar-refractivity contribution in [3.63, 3.8) is 0 Å². The first-order chi connectivity index (χ1) is 18.2. The molecule has 1 aliphatic rings. The summed E-state index contributed by atoms with van der Waals surface area (Å²) in [5, 5.41) is 0. The second-order valence-corrected chi connectivity index (χ2v) is 11.3. The second-order valence-electron chi connectivity index (χ2n) is 10.2. The number of rotatable bonds is 7. The largest absolute Gasteiger partial charge is 0.368 e. The Kier molecular flexibility index (Phi) is 6.92. The topological polar surface area (TPSA) is 36.1 Å². The van der Waals surface area contributed by atoms with Crippen LogP contribution in [0.25, 0.3) is 10.2 Å². The van der Waals surface area contributed by atoms with Crippen LogP contribution in [0.5, 0.6) is 0 Å². The number of benzene rings is 4. The van der Waals surface area contributed by atoms with E-state index in [-0.39, 0.29) is 4.87 Å². The number of hydrogen-bond acceptors (Lipinski definition) is 3. The van der Waals surface area contributed by atoms with Gasteiger partial charge in [0.05, 0.1) is 10.2 Å². The maximum Gasteiger partial charge on any atom is 0.305 e. The number of nitrogens with one attached hydrogen (secondary N) is 1. The van der Waals surface area contributed by atoms with Gasteiger partial charge in [0.15, 0.2) is 0 Å². The zero-order valence-electron chi connectivity index (χ0n) is 20.9. The molecule has 0 spiro atoms. The lowest BCUT2D eigenvalue weighted by Crippen LogP contribution is -2.51. The molecule has 1 aliphatic heterocycles. The molecule has 0 amide bonds. The molecule has 6 rings (SSSR count). The molecule has 1 saturated heterocycles. The fourth-order valence-corrected chi connectivity index (χ4v) is 6.86. The summed E-state index contributed by atoms with van der Waals surface area (Å²) in [5.41, 5.74) is 6.36. The summed E-state index contributed by atoms with van der Waals surface area (Å²) >= 11 is 1.29. The molecule has 3 nitrogen and oxygen atoms in total. The molecule has 2 heterocycles. The van der Waals surface area contributed by atoms with Crippen molar-refractivity contribution in [3.05, 3.63) is 136 Å². The molecule has 4 aromatic carbocycles. The standard InChI is InChI=1S/C33H32N2OS/c36-33-34-30-23-28(16-17-32(30)37-33)35-19-18-27(20-24-10-4-1-5-11-24)29(21-25-12-6-2-7-13-25)31(35)22-26-14-8-3-9-15-26/h1-17,23,27,29,31H,18-22H2,(H,34,36).